The third kappa shape index (κ3) is 2.68. The van der Waals surface area contributed by atoms with Crippen LogP contribution >= 0.6 is 0 Å². The standard InChI is InChI=1S/C17H18O2/c1-12-7-9-13(10-8-12)14-5-4-6-15(11-14)17(2,3)16(18)19/h4-11H,1-3H3,(H,18,19). The van der Waals surface area contributed by atoms with E-state index in [0.717, 1.165) is 16.7 Å². The molecule has 19 heavy (non-hydrogen) atoms. The maximum atomic E-state index is 11.3. The first-order valence-corrected chi connectivity index (χ1v) is 6.32. The zero-order valence-corrected chi connectivity index (χ0v) is 11.5. The van der Waals surface area contributed by atoms with Crippen LogP contribution < -0.4 is 0 Å². The number of aryl methyl sites for hydroxylation is 1. The fourth-order valence-electron chi connectivity index (χ4n) is 1.96. The van der Waals surface area contributed by atoms with Gasteiger partial charge in [-0.3, -0.25) is 4.79 Å². The highest BCUT2D eigenvalue weighted by Crippen LogP contribution is 2.28. The van der Waals surface area contributed by atoms with E-state index in [4.69, 9.17) is 0 Å². The number of carboxylic acids is 1. The first-order valence-electron chi connectivity index (χ1n) is 6.32. The van der Waals surface area contributed by atoms with Gasteiger partial charge in [0.2, 0.25) is 0 Å². The van der Waals surface area contributed by atoms with Crippen molar-refractivity contribution in [1.82, 2.24) is 0 Å². The molecule has 0 radical (unpaired) electrons. The van der Waals surface area contributed by atoms with Crippen molar-refractivity contribution in [3.8, 4) is 11.1 Å². The highest BCUT2D eigenvalue weighted by atomic mass is 16.4. The minimum absolute atomic E-state index is 0.812. The van der Waals surface area contributed by atoms with Crippen LogP contribution in [0.1, 0.15) is 25.0 Å². The second-order valence-corrected chi connectivity index (χ2v) is 5.38. The number of carboxylic acid groups (broad SMARTS) is 1. The van der Waals surface area contributed by atoms with E-state index < -0.39 is 11.4 Å². The average molecular weight is 254 g/mol. The second-order valence-electron chi connectivity index (χ2n) is 5.38. The van der Waals surface area contributed by atoms with Crippen molar-refractivity contribution in [2.75, 3.05) is 0 Å². The fourth-order valence-corrected chi connectivity index (χ4v) is 1.96. The molecule has 2 aromatic carbocycles. The average Bonchev–Trinajstić information content (AvgIpc) is 2.39. The summed E-state index contributed by atoms with van der Waals surface area (Å²) in [6, 6.07) is 16.0. The molecule has 0 heterocycles. The van der Waals surface area contributed by atoms with Gasteiger partial charge in [-0.15, -0.1) is 0 Å². The summed E-state index contributed by atoms with van der Waals surface area (Å²) in [6.07, 6.45) is 0. The number of carbonyl (C=O) groups is 1. The van der Waals surface area contributed by atoms with Crippen LogP contribution in [-0.4, -0.2) is 11.1 Å². The summed E-state index contributed by atoms with van der Waals surface area (Å²) in [7, 11) is 0. The van der Waals surface area contributed by atoms with E-state index in [2.05, 4.69) is 24.3 Å². The Morgan fingerprint density at radius 3 is 2.21 bits per heavy atom. The monoisotopic (exact) mass is 254 g/mol. The molecule has 0 aliphatic carbocycles. The van der Waals surface area contributed by atoms with Gasteiger partial charge in [-0.2, -0.15) is 0 Å². The van der Waals surface area contributed by atoms with Crippen molar-refractivity contribution >= 4 is 5.97 Å². The fraction of sp³-hybridized carbons (Fsp3) is 0.235. The number of hydrogen-bond acceptors (Lipinski definition) is 1. The highest BCUT2D eigenvalue weighted by Gasteiger charge is 2.29. The van der Waals surface area contributed by atoms with Gasteiger partial charge in [0.15, 0.2) is 0 Å². The van der Waals surface area contributed by atoms with Gasteiger partial charge in [0, 0.05) is 0 Å². The molecule has 0 amide bonds. The molecular formula is C17H18O2. The predicted octanol–water partition coefficient (Wildman–Crippen LogP) is 4.02. The molecule has 0 aliphatic heterocycles. The lowest BCUT2D eigenvalue weighted by molar-refractivity contribution is -0.142. The molecule has 0 aliphatic rings. The van der Waals surface area contributed by atoms with Gasteiger partial charge in [0.1, 0.15) is 0 Å². The lowest BCUT2D eigenvalue weighted by Gasteiger charge is -2.20. The van der Waals surface area contributed by atoms with Crippen LogP contribution in [0.25, 0.3) is 11.1 Å². The van der Waals surface area contributed by atoms with Gasteiger partial charge in [-0.1, -0.05) is 54.1 Å². The molecule has 0 atom stereocenters. The van der Waals surface area contributed by atoms with Crippen molar-refractivity contribution in [3.05, 3.63) is 59.7 Å². The highest BCUT2D eigenvalue weighted by molar-refractivity contribution is 5.81. The van der Waals surface area contributed by atoms with Crippen LogP contribution in [0.3, 0.4) is 0 Å². The van der Waals surface area contributed by atoms with Crippen LogP contribution in [0, 0.1) is 6.92 Å². The molecule has 0 fully saturated rings. The van der Waals surface area contributed by atoms with Crippen molar-refractivity contribution in [2.24, 2.45) is 0 Å². The topological polar surface area (TPSA) is 37.3 Å². The van der Waals surface area contributed by atoms with Gasteiger partial charge in [0.25, 0.3) is 0 Å². The lowest BCUT2D eigenvalue weighted by Crippen LogP contribution is -2.28. The molecule has 2 heteroatoms. The molecule has 98 valence electrons. The number of benzene rings is 2. The summed E-state index contributed by atoms with van der Waals surface area (Å²) in [6.45, 7) is 5.50. The third-order valence-corrected chi connectivity index (χ3v) is 3.50. The molecule has 0 spiro atoms. The normalized spacial score (nSPS) is 11.3. The molecule has 2 aromatic rings. The maximum Gasteiger partial charge on any atom is 0.313 e. The van der Waals surface area contributed by atoms with Crippen molar-refractivity contribution in [1.29, 1.82) is 0 Å². The zero-order valence-electron chi connectivity index (χ0n) is 11.5. The second kappa shape index (κ2) is 4.88. The summed E-state index contributed by atoms with van der Waals surface area (Å²) in [5, 5.41) is 9.29. The third-order valence-electron chi connectivity index (χ3n) is 3.50. The van der Waals surface area contributed by atoms with Crippen molar-refractivity contribution < 1.29 is 9.90 Å². The molecule has 0 saturated heterocycles. The molecule has 0 aromatic heterocycles. The Morgan fingerprint density at radius 1 is 1.00 bits per heavy atom. The quantitative estimate of drug-likeness (QED) is 0.898. The number of hydrogen-bond donors (Lipinski definition) is 1. The van der Waals surface area contributed by atoms with Crippen LogP contribution in [0.4, 0.5) is 0 Å². The summed E-state index contributed by atoms with van der Waals surface area (Å²) in [5.41, 5.74) is 3.31. The lowest BCUT2D eigenvalue weighted by atomic mass is 9.83. The van der Waals surface area contributed by atoms with Gasteiger partial charge in [-0.05, 0) is 37.5 Å². The molecule has 2 rings (SSSR count). The van der Waals surface area contributed by atoms with Crippen LogP contribution in [0.2, 0.25) is 0 Å². The van der Waals surface area contributed by atoms with E-state index in [-0.39, 0.29) is 0 Å². The predicted molar refractivity (Wildman–Crippen MR) is 77.3 cm³/mol. The van der Waals surface area contributed by atoms with Crippen LogP contribution in [0.5, 0.6) is 0 Å². The Balaban J connectivity index is 2.45. The molecule has 0 bridgehead atoms. The first kappa shape index (κ1) is 13.3. The number of aliphatic carboxylic acids is 1. The Kier molecular flexibility index (Phi) is 3.43. The summed E-state index contributed by atoms with van der Waals surface area (Å²) in [4.78, 5) is 11.3. The Bertz CT molecular complexity index is 595. The van der Waals surface area contributed by atoms with E-state index >= 15 is 0 Å². The van der Waals surface area contributed by atoms with Gasteiger partial charge in [-0.25, -0.2) is 0 Å². The van der Waals surface area contributed by atoms with Gasteiger partial charge < -0.3 is 5.11 Å². The van der Waals surface area contributed by atoms with E-state index in [0.29, 0.717) is 0 Å². The van der Waals surface area contributed by atoms with E-state index in [1.54, 1.807) is 13.8 Å². The van der Waals surface area contributed by atoms with Gasteiger partial charge >= 0.3 is 5.97 Å². The SMILES string of the molecule is Cc1ccc(-c2cccc(C(C)(C)C(=O)O)c2)cc1. The summed E-state index contributed by atoms with van der Waals surface area (Å²) in [5.74, 6) is -0.812. The van der Waals surface area contributed by atoms with Crippen LogP contribution in [-0.2, 0) is 10.2 Å². The van der Waals surface area contributed by atoms with Crippen molar-refractivity contribution in [2.45, 2.75) is 26.2 Å². The zero-order chi connectivity index (χ0) is 14.0. The largest absolute Gasteiger partial charge is 0.481 e. The molecule has 0 unspecified atom stereocenters. The van der Waals surface area contributed by atoms with Gasteiger partial charge in [0.05, 0.1) is 5.41 Å². The van der Waals surface area contributed by atoms with Crippen molar-refractivity contribution in [3.63, 3.8) is 0 Å². The molecule has 2 nitrogen and oxygen atoms in total. The summed E-state index contributed by atoms with van der Waals surface area (Å²) < 4.78 is 0. The smallest absolute Gasteiger partial charge is 0.313 e. The number of rotatable bonds is 3. The van der Waals surface area contributed by atoms with E-state index in [1.807, 2.05) is 31.2 Å². The minimum atomic E-state index is -0.874. The van der Waals surface area contributed by atoms with Crippen LogP contribution in [0.15, 0.2) is 48.5 Å². The summed E-state index contributed by atoms with van der Waals surface area (Å²) >= 11 is 0. The van der Waals surface area contributed by atoms with E-state index in [1.165, 1.54) is 5.56 Å². The Morgan fingerprint density at radius 2 is 1.63 bits per heavy atom. The van der Waals surface area contributed by atoms with E-state index in [9.17, 15) is 9.90 Å². The Labute approximate surface area is 113 Å². The molecule has 1 N–H and O–H groups in total. The molecule has 0 saturated carbocycles. The first-order chi connectivity index (χ1) is 8.91. The maximum absolute atomic E-state index is 11.3. The minimum Gasteiger partial charge on any atom is -0.481 e. The molecular weight excluding hydrogens is 236 g/mol. The Hall–Kier alpha value is -2.09.